The van der Waals surface area contributed by atoms with Crippen molar-refractivity contribution >= 4 is 45.8 Å². The molecule has 4 rings (SSSR count). The molecule has 4 aromatic rings. The normalized spacial score (nSPS) is 11.7. The van der Waals surface area contributed by atoms with E-state index >= 15 is 0 Å². The summed E-state index contributed by atoms with van der Waals surface area (Å²) >= 11 is 12.2. The smallest absolute Gasteiger partial charge is 0.273 e. The van der Waals surface area contributed by atoms with Crippen LogP contribution in [-0.2, 0) is 30.1 Å². The molecule has 0 fully saturated rings. The van der Waals surface area contributed by atoms with E-state index in [1.54, 1.807) is 41.1 Å². The van der Waals surface area contributed by atoms with Crippen LogP contribution in [0.3, 0.4) is 0 Å². The first-order valence-electron chi connectivity index (χ1n) is 10.8. The van der Waals surface area contributed by atoms with Gasteiger partial charge in [0.1, 0.15) is 5.52 Å². The number of nitrogens with one attached hydrogen (secondary N) is 1. The number of rotatable bonds is 8. The number of hydrogen-bond donors (Lipinski definition) is 1. The predicted octanol–water partition coefficient (Wildman–Crippen LogP) is 6.66. The van der Waals surface area contributed by atoms with Gasteiger partial charge >= 0.3 is 0 Å². The number of benzene rings is 3. The number of anilines is 1. The Morgan fingerprint density at radius 3 is 2.53 bits per heavy atom. The van der Waals surface area contributed by atoms with Gasteiger partial charge < -0.3 is 5.32 Å². The van der Waals surface area contributed by atoms with Crippen LogP contribution >= 0.6 is 23.2 Å². The number of carbonyl (C=O) groups excluding carboxylic acids is 1. The molecular formula is C25H22Cl2F2N4O. The van der Waals surface area contributed by atoms with Crippen LogP contribution in [0, 0.1) is 0 Å². The van der Waals surface area contributed by atoms with Gasteiger partial charge in [-0.05, 0) is 47.9 Å². The zero-order valence-electron chi connectivity index (χ0n) is 18.4. The summed E-state index contributed by atoms with van der Waals surface area (Å²) in [5.74, 6) is -3.12. The van der Waals surface area contributed by atoms with Crippen molar-refractivity contribution in [3.8, 4) is 0 Å². The lowest BCUT2D eigenvalue weighted by molar-refractivity contribution is -0.115. The molecule has 3 aromatic carbocycles. The molecule has 0 radical (unpaired) electrons. The Hall–Kier alpha value is -3.03. The monoisotopic (exact) mass is 502 g/mol. The highest BCUT2D eigenvalue weighted by atomic mass is 35.5. The van der Waals surface area contributed by atoms with Crippen LogP contribution < -0.4 is 5.32 Å². The summed E-state index contributed by atoms with van der Waals surface area (Å²) in [7, 11) is 0. The zero-order chi connectivity index (χ0) is 24.3. The van der Waals surface area contributed by atoms with E-state index in [4.69, 9.17) is 23.2 Å². The van der Waals surface area contributed by atoms with E-state index in [0.717, 1.165) is 11.1 Å². The molecule has 0 saturated heterocycles. The second kappa shape index (κ2) is 10.1. The largest absolute Gasteiger partial charge is 0.326 e. The third-order valence-electron chi connectivity index (χ3n) is 5.59. The topological polar surface area (TPSA) is 59.8 Å². The molecule has 0 aliphatic carbocycles. The van der Waals surface area contributed by atoms with Crippen LogP contribution in [-0.4, -0.2) is 20.9 Å². The summed E-state index contributed by atoms with van der Waals surface area (Å²) in [5, 5.41) is 12.4. The molecular weight excluding hydrogens is 481 g/mol. The fourth-order valence-corrected chi connectivity index (χ4v) is 4.13. The molecule has 5 nitrogen and oxygen atoms in total. The SMILES string of the molecule is CCC(F)(F)c1ccc(CC(=O)Nc2ccc3c(c2)nnn3CCc2ccc(Cl)cc2Cl)cc1. The van der Waals surface area contributed by atoms with Gasteiger partial charge in [-0.3, -0.25) is 4.79 Å². The Morgan fingerprint density at radius 1 is 1.06 bits per heavy atom. The van der Waals surface area contributed by atoms with E-state index in [2.05, 4.69) is 15.6 Å². The average molecular weight is 503 g/mol. The highest BCUT2D eigenvalue weighted by Gasteiger charge is 2.28. The van der Waals surface area contributed by atoms with Crippen molar-refractivity contribution in [2.24, 2.45) is 0 Å². The van der Waals surface area contributed by atoms with E-state index in [1.165, 1.54) is 19.1 Å². The van der Waals surface area contributed by atoms with Crippen molar-refractivity contribution in [3.63, 3.8) is 0 Å². The maximum atomic E-state index is 13.8. The van der Waals surface area contributed by atoms with Gasteiger partial charge in [-0.15, -0.1) is 5.10 Å². The van der Waals surface area contributed by atoms with Crippen LogP contribution in [0.15, 0.2) is 60.7 Å². The number of nitrogens with zero attached hydrogens (tertiary/aromatic N) is 3. The Kier molecular flexibility index (Phi) is 7.14. The first-order chi connectivity index (χ1) is 16.2. The lowest BCUT2D eigenvalue weighted by Crippen LogP contribution is -2.15. The second-order valence-corrected chi connectivity index (χ2v) is 8.83. The molecule has 0 atom stereocenters. The molecule has 1 aromatic heterocycles. The Balaban J connectivity index is 1.39. The van der Waals surface area contributed by atoms with Crippen LogP contribution in [0.25, 0.3) is 11.0 Å². The molecule has 1 amide bonds. The van der Waals surface area contributed by atoms with Gasteiger partial charge in [0.15, 0.2) is 0 Å². The summed E-state index contributed by atoms with van der Waals surface area (Å²) < 4.78 is 29.3. The summed E-state index contributed by atoms with van der Waals surface area (Å²) in [4.78, 5) is 12.5. The standard InChI is InChI=1S/C25H22Cl2F2N4O/c1-2-25(28,29)18-6-3-16(4-7-18)13-24(34)30-20-9-10-23-22(15-20)31-32-33(23)12-11-17-5-8-19(26)14-21(17)27/h3-10,14-15H,2,11-13H2,1H3,(H,30,34). The first kappa shape index (κ1) is 24.1. The highest BCUT2D eigenvalue weighted by molar-refractivity contribution is 6.35. The average Bonchev–Trinajstić information content (AvgIpc) is 3.21. The van der Waals surface area contributed by atoms with E-state index < -0.39 is 5.92 Å². The number of amides is 1. The van der Waals surface area contributed by atoms with Crippen LogP contribution in [0.4, 0.5) is 14.5 Å². The molecule has 0 aliphatic heterocycles. The molecule has 9 heteroatoms. The van der Waals surface area contributed by atoms with E-state index in [0.29, 0.717) is 39.8 Å². The van der Waals surface area contributed by atoms with Gasteiger partial charge in [-0.1, -0.05) is 65.7 Å². The molecule has 34 heavy (non-hydrogen) atoms. The Bertz CT molecular complexity index is 1320. The number of aromatic nitrogens is 3. The minimum atomic E-state index is -2.87. The molecule has 1 N–H and O–H groups in total. The summed E-state index contributed by atoms with van der Waals surface area (Å²) in [5.41, 5.74) is 3.62. The second-order valence-electron chi connectivity index (χ2n) is 7.98. The van der Waals surface area contributed by atoms with Crippen molar-refractivity contribution in [2.75, 3.05) is 5.32 Å². The summed E-state index contributed by atoms with van der Waals surface area (Å²) in [6, 6.07) is 16.6. The molecule has 0 bridgehead atoms. The third kappa shape index (κ3) is 5.54. The van der Waals surface area contributed by atoms with Gasteiger partial charge in [0.05, 0.1) is 11.9 Å². The number of hydrogen-bond acceptors (Lipinski definition) is 3. The maximum absolute atomic E-state index is 13.8. The van der Waals surface area contributed by atoms with Gasteiger partial charge in [-0.25, -0.2) is 13.5 Å². The van der Waals surface area contributed by atoms with Crippen LogP contribution in [0.5, 0.6) is 0 Å². The molecule has 176 valence electrons. The van der Waals surface area contributed by atoms with Gasteiger partial charge in [0, 0.05) is 34.3 Å². The van der Waals surface area contributed by atoms with Crippen molar-refractivity contribution in [1.29, 1.82) is 0 Å². The van der Waals surface area contributed by atoms with Gasteiger partial charge in [0.2, 0.25) is 5.91 Å². The van der Waals surface area contributed by atoms with Gasteiger partial charge in [-0.2, -0.15) is 0 Å². The molecule has 1 heterocycles. The molecule has 0 spiro atoms. The number of aryl methyl sites for hydroxylation is 2. The van der Waals surface area contributed by atoms with E-state index in [-0.39, 0.29) is 24.3 Å². The maximum Gasteiger partial charge on any atom is 0.273 e. The Morgan fingerprint density at radius 2 is 1.82 bits per heavy atom. The zero-order valence-corrected chi connectivity index (χ0v) is 19.9. The highest BCUT2D eigenvalue weighted by Crippen LogP contribution is 2.31. The lowest BCUT2D eigenvalue weighted by atomic mass is 10.0. The molecule has 0 aliphatic rings. The van der Waals surface area contributed by atoms with Crippen molar-refractivity contribution < 1.29 is 13.6 Å². The molecule has 0 unspecified atom stereocenters. The minimum Gasteiger partial charge on any atom is -0.326 e. The Labute approximate surface area is 205 Å². The number of alkyl halides is 2. The fraction of sp³-hybridized carbons (Fsp3) is 0.240. The van der Waals surface area contributed by atoms with Crippen molar-refractivity contribution in [3.05, 3.63) is 87.4 Å². The van der Waals surface area contributed by atoms with Gasteiger partial charge in [0.25, 0.3) is 5.92 Å². The molecule has 0 saturated carbocycles. The summed E-state index contributed by atoms with van der Waals surface area (Å²) in [6.07, 6.45) is 0.468. The third-order valence-corrected chi connectivity index (χ3v) is 6.18. The van der Waals surface area contributed by atoms with Crippen molar-refractivity contribution in [2.45, 2.75) is 38.7 Å². The number of halogens is 4. The van der Waals surface area contributed by atoms with Crippen LogP contribution in [0.2, 0.25) is 10.0 Å². The first-order valence-corrected chi connectivity index (χ1v) is 11.5. The van der Waals surface area contributed by atoms with Crippen molar-refractivity contribution in [1.82, 2.24) is 15.0 Å². The van der Waals surface area contributed by atoms with E-state index in [1.807, 2.05) is 12.1 Å². The van der Waals surface area contributed by atoms with Crippen LogP contribution in [0.1, 0.15) is 30.0 Å². The van der Waals surface area contributed by atoms with E-state index in [9.17, 15) is 13.6 Å². The predicted molar refractivity (Wildman–Crippen MR) is 131 cm³/mol. The lowest BCUT2D eigenvalue weighted by Gasteiger charge is -2.14. The quantitative estimate of drug-likeness (QED) is 0.292. The minimum absolute atomic E-state index is 0.0500. The summed E-state index contributed by atoms with van der Waals surface area (Å²) in [6.45, 7) is 2.02. The number of carbonyl (C=O) groups is 1. The number of fused-ring (bicyclic) bond motifs is 1. The fourth-order valence-electron chi connectivity index (χ4n) is 3.63.